The van der Waals surface area contributed by atoms with E-state index in [0.717, 1.165) is 28.8 Å². The summed E-state index contributed by atoms with van der Waals surface area (Å²) >= 11 is 0. The molecule has 0 N–H and O–H groups in total. The molecule has 32 heavy (non-hydrogen) atoms. The third kappa shape index (κ3) is 3.01. The van der Waals surface area contributed by atoms with E-state index in [1.54, 1.807) is 0 Å². The quantitative estimate of drug-likeness (QED) is 0.294. The highest BCUT2D eigenvalue weighted by atomic mass is 16.3. The van der Waals surface area contributed by atoms with Crippen molar-refractivity contribution in [2.45, 2.75) is 20.3 Å². The molecule has 0 saturated carbocycles. The number of hydrogen-bond donors (Lipinski definition) is 0. The summed E-state index contributed by atoms with van der Waals surface area (Å²) < 4.78 is 8.56. The number of benzene rings is 4. The van der Waals surface area contributed by atoms with Crippen molar-refractivity contribution in [1.29, 1.82) is 0 Å². The number of fused-ring (bicyclic) bond motifs is 4. The maximum atomic E-state index is 6.24. The lowest BCUT2D eigenvalue weighted by atomic mass is 10.0. The number of nitrogens with zero attached hydrogens (tertiary/aromatic N) is 2. The zero-order chi connectivity index (χ0) is 21.7. The minimum absolute atomic E-state index is 0.569. The molecule has 0 saturated heterocycles. The van der Waals surface area contributed by atoms with Crippen LogP contribution in [0, 0.1) is 5.92 Å². The lowest BCUT2D eigenvalue weighted by Gasteiger charge is -2.08. The van der Waals surface area contributed by atoms with Gasteiger partial charge in [0.25, 0.3) is 0 Å². The van der Waals surface area contributed by atoms with Crippen molar-refractivity contribution < 1.29 is 4.42 Å². The van der Waals surface area contributed by atoms with Crippen LogP contribution in [0.1, 0.15) is 19.4 Å². The van der Waals surface area contributed by atoms with Gasteiger partial charge in [-0.15, -0.1) is 0 Å². The second-order valence-electron chi connectivity index (χ2n) is 8.80. The number of para-hydroxylation sites is 3. The van der Waals surface area contributed by atoms with Gasteiger partial charge in [-0.2, -0.15) is 0 Å². The Morgan fingerprint density at radius 1 is 0.750 bits per heavy atom. The molecule has 2 heterocycles. The molecule has 0 aliphatic rings. The molecular formula is C29H24N2O. The van der Waals surface area contributed by atoms with Gasteiger partial charge in [-0.25, -0.2) is 4.98 Å². The monoisotopic (exact) mass is 416 g/mol. The second kappa shape index (κ2) is 7.38. The minimum atomic E-state index is 0.569. The van der Waals surface area contributed by atoms with Crippen LogP contribution < -0.4 is 0 Å². The fourth-order valence-corrected chi connectivity index (χ4v) is 4.68. The Kier molecular flexibility index (Phi) is 4.36. The Labute approximate surface area is 186 Å². The Morgan fingerprint density at radius 2 is 1.41 bits per heavy atom. The fourth-order valence-electron chi connectivity index (χ4n) is 4.68. The molecule has 0 aliphatic carbocycles. The van der Waals surface area contributed by atoms with Crippen molar-refractivity contribution in [2.24, 2.45) is 5.92 Å². The van der Waals surface area contributed by atoms with Gasteiger partial charge < -0.3 is 8.98 Å². The van der Waals surface area contributed by atoms with E-state index >= 15 is 0 Å². The van der Waals surface area contributed by atoms with E-state index in [1.807, 2.05) is 6.07 Å². The van der Waals surface area contributed by atoms with Crippen LogP contribution in [0.3, 0.4) is 0 Å². The Balaban J connectivity index is 1.45. The summed E-state index contributed by atoms with van der Waals surface area (Å²) in [6, 6.07) is 31.9. The van der Waals surface area contributed by atoms with Gasteiger partial charge in [0.15, 0.2) is 5.58 Å². The van der Waals surface area contributed by atoms with Crippen LogP contribution in [0.4, 0.5) is 0 Å². The van der Waals surface area contributed by atoms with Gasteiger partial charge in [0.05, 0.1) is 11.0 Å². The summed E-state index contributed by atoms with van der Waals surface area (Å²) in [4.78, 5) is 4.77. The summed E-state index contributed by atoms with van der Waals surface area (Å²) in [7, 11) is 0. The number of hydrogen-bond acceptors (Lipinski definition) is 2. The maximum absolute atomic E-state index is 6.24. The predicted molar refractivity (Wildman–Crippen MR) is 132 cm³/mol. The highest BCUT2D eigenvalue weighted by molar-refractivity contribution is 6.09. The molecule has 0 aliphatic heterocycles. The number of aromatic nitrogens is 2. The molecule has 0 radical (unpaired) electrons. The molecule has 0 fully saturated rings. The first kappa shape index (κ1) is 18.9. The Hall–Kier alpha value is -3.85. The largest absolute Gasteiger partial charge is 0.436 e. The first-order chi connectivity index (χ1) is 15.7. The van der Waals surface area contributed by atoms with Crippen LogP contribution in [-0.4, -0.2) is 9.55 Å². The van der Waals surface area contributed by atoms with Crippen molar-refractivity contribution in [3.05, 3.63) is 96.6 Å². The Bertz CT molecular complexity index is 1520. The Morgan fingerprint density at radius 3 is 2.06 bits per heavy atom. The highest BCUT2D eigenvalue weighted by Gasteiger charge is 2.14. The first-order valence-corrected chi connectivity index (χ1v) is 11.2. The van der Waals surface area contributed by atoms with Crippen molar-refractivity contribution in [1.82, 2.24) is 9.55 Å². The molecule has 0 atom stereocenters. The number of oxazole rings is 1. The smallest absolute Gasteiger partial charge is 0.227 e. The molecule has 0 bridgehead atoms. The van der Waals surface area contributed by atoms with E-state index in [0.29, 0.717) is 11.8 Å². The van der Waals surface area contributed by atoms with E-state index in [2.05, 4.69) is 103 Å². The lowest BCUT2D eigenvalue weighted by molar-refractivity contribution is 0.599. The zero-order valence-corrected chi connectivity index (χ0v) is 18.2. The van der Waals surface area contributed by atoms with Gasteiger partial charge in [-0.3, -0.25) is 0 Å². The molecule has 156 valence electrons. The van der Waals surface area contributed by atoms with E-state index in [-0.39, 0.29) is 0 Å². The van der Waals surface area contributed by atoms with Crippen molar-refractivity contribution in [3.8, 4) is 17.1 Å². The minimum Gasteiger partial charge on any atom is -0.436 e. The van der Waals surface area contributed by atoms with Crippen LogP contribution >= 0.6 is 0 Å². The molecule has 6 aromatic rings. The normalized spacial score (nSPS) is 11.8. The van der Waals surface area contributed by atoms with Crippen LogP contribution in [0.5, 0.6) is 0 Å². The average molecular weight is 417 g/mol. The van der Waals surface area contributed by atoms with Gasteiger partial charge in [0, 0.05) is 22.0 Å². The molecule has 2 aromatic heterocycles. The summed E-state index contributed by atoms with van der Waals surface area (Å²) in [5.74, 6) is 1.24. The third-order valence-electron chi connectivity index (χ3n) is 6.08. The molecule has 0 unspecified atom stereocenters. The van der Waals surface area contributed by atoms with Crippen LogP contribution in [-0.2, 0) is 6.42 Å². The summed E-state index contributed by atoms with van der Waals surface area (Å²) in [6.45, 7) is 4.45. The van der Waals surface area contributed by atoms with Gasteiger partial charge >= 0.3 is 0 Å². The van der Waals surface area contributed by atoms with E-state index in [1.165, 1.54) is 27.4 Å². The molecule has 3 heteroatoms. The molecule has 0 amide bonds. The molecule has 6 rings (SSSR count). The van der Waals surface area contributed by atoms with Gasteiger partial charge in [0.1, 0.15) is 5.52 Å². The van der Waals surface area contributed by atoms with Gasteiger partial charge in [0.2, 0.25) is 5.89 Å². The first-order valence-electron chi connectivity index (χ1n) is 11.2. The lowest BCUT2D eigenvalue weighted by Crippen LogP contribution is -1.93. The molecule has 3 nitrogen and oxygen atoms in total. The molecule has 0 spiro atoms. The van der Waals surface area contributed by atoms with Crippen LogP contribution in [0.25, 0.3) is 50.0 Å². The molecular weight excluding hydrogens is 392 g/mol. The van der Waals surface area contributed by atoms with Gasteiger partial charge in [-0.05, 0) is 60.4 Å². The topological polar surface area (TPSA) is 31.0 Å². The summed E-state index contributed by atoms with van der Waals surface area (Å²) in [5, 5.41) is 2.53. The summed E-state index contributed by atoms with van der Waals surface area (Å²) in [5.41, 5.74) is 7.58. The van der Waals surface area contributed by atoms with E-state index in [9.17, 15) is 0 Å². The van der Waals surface area contributed by atoms with Crippen LogP contribution in [0.2, 0.25) is 0 Å². The van der Waals surface area contributed by atoms with Crippen molar-refractivity contribution in [2.75, 3.05) is 0 Å². The fraction of sp³-hybridized carbons (Fsp3) is 0.138. The average Bonchev–Trinajstić information content (AvgIpc) is 3.39. The van der Waals surface area contributed by atoms with E-state index < -0.39 is 0 Å². The summed E-state index contributed by atoms with van der Waals surface area (Å²) in [6.07, 6.45) is 0.985. The van der Waals surface area contributed by atoms with Crippen molar-refractivity contribution >= 4 is 32.9 Å². The highest BCUT2D eigenvalue weighted by Crippen LogP contribution is 2.33. The predicted octanol–water partition coefficient (Wildman–Crippen LogP) is 7.79. The van der Waals surface area contributed by atoms with Crippen LogP contribution in [0.15, 0.2) is 95.4 Å². The standard InChI is InChI=1S/C29H24N2O/c1-19(2)18-21-8-7-11-25-28(21)32-29(30-25)20-14-16-22(17-15-20)31-26-12-5-3-9-23(26)24-10-4-6-13-27(24)31/h3-17,19H,18H2,1-2H3. The maximum Gasteiger partial charge on any atom is 0.227 e. The van der Waals surface area contributed by atoms with E-state index in [4.69, 9.17) is 9.40 Å². The number of rotatable bonds is 4. The van der Waals surface area contributed by atoms with Gasteiger partial charge in [-0.1, -0.05) is 62.4 Å². The second-order valence-corrected chi connectivity index (χ2v) is 8.80. The SMILES string of the molecule is CC(C)Cc1cccc2nc(-c3ccc(-n4c5ccccc5c5ccccc54)cc3)oc12. The van der Waals surface area contributed by atoms with Crippen molar-refractivity contribution in [3.63, 3.8) is 0 Å². The zero-order valence-electron chi connectivity index (χ0n) is 18.2. The molecule has 4 aromatic carbocycles. The third-order valence-corrected chi connectivity index (χ3v) is 6.08.